The van der Waals surface area contributed by atoms with Crippen molar-refractivity contribution in [2.24, 2.45) is 5.92 Å². The van der Waals surface area contributed by atoms with Crippen molar-refractivity contribution >= 4 is 17.7 Å². The van der Waals surface area contributed by atoms with Crippen LogP contribution in [0, 0.1) is 5.92 Å². The largest absolute Gasteiger partial charge is 0.381 e. The zero-order valence-corrected chi connectivity index (χ0v) is 11.8. The minimum absolute atomic E-state index is 0.127. The van der Waals surface area contributed by atoms with Crippen LogP contribution in [0.15, 0.2) is 0 Å². The first-order valence-electron chi connectivity index (χ1n) is 6.25. The van der Waals surface area contributed by atoms with Gasteiger partial charge in [-0.1, -0.05) is 0 Å². The number of amides is 1. The van der Waals surface area contributed by atoms with E-state index in [-0.39, 0.29) is 11.9 Å². The molecule has 1 heterocycles. The zero-order chi connectivity index (χ0) is 12.7. The third-order valence-electron chi connectivity index (χ3n) is 2.88. The average Bonchev–Trinajstić information content (AvgIpc) is 2.76. The van der Waals surface area contributed by atoms with Crippen LogP contribution < -0.4 is 10.6 Å². The van der Waals surface area contributed by atoms with Gasteiger partial charge in [-0.3, -0.25) is 4.79 Å². The summed E-state index contributed by atoms with van der Waals surface area (Å²) in [6.45, 7) is 5.69. The predicted molar refractivity (Wildman–Crippen MR) is 72.4 cm³/mol. The van der Waals surface area contributed by atoms with Crippen LogP contribution >= 0.6 is 11.8 Å². The Labute approximate surface area is 108 Å². The van der Waals surface area contributed by atoms with Gasteiger partial charge in [0.1, 0.15) is 0 Å². The zero-order valence-electron chi connectivity index (χ0n) is 11.0. The molecule has 4 nitrogen and oxygen atoms in total. The number of thioether (sulfide) groups is 1. The Morgan fingerprint density at radius 2 is 2.29 bits per heavy atom. The Hall–Kier alpha value is -0.260. The molecule has 2 atom stereocenters. The van der Waals surface area contributed by atoms with E-state index in [1.54, 1.807) is 11.8 Å². The van der Waals surface area contributed by atoms with Gasteiger partial charge >= 0.3 is 0 Å². The molecule has 0 aliphatic carbocycles. The van der Waals surface area contributed by atoms with E-state index in [0.29, 0.717) is 17.7 Å². The van der Waals surface area contributed by atoms with Crippen molar-refractivity contribution in [3.8, 4) is 0 Å². The van der Waals surface area contributed by atoms with Crippen LogP contribution in [-0.4, -0.2) is 49.8 Å². The van der Waals surface area contributed by atoms with E-state index in [4.69, 9.17) is 4.74 Å². The summed E-state index contributed by atoms with van der Waals surface area (Å²) >= 11 is 1.69. The summed E-state index contributed by atoms with van der Waals surface area (Å²) < 4.78 is 5.39. The second-order valence-corrected chi connectivity index (χ2v) is 5.79. The van der Waals surface area contributed by atoms with Crippen molar-refractivity contribution in [3.63, 3.8) is 0 Å². The molecule has 1 fully saturated rings. The first-order chi connectivity index (χ1) is 8.13. The smallest absolute Gasteiger partial charge is 0.230 e. The van der Waals surface area contributed by atoms with Crippen molar-refractivity contribution in [1.29, 1.82) is 0 Å². The molecule has 2 N–H and O–H groups in total. The van der Waals surface area contributed by atoms with Crippen molar-refractivity contribution in [2.45, 2.75) is 32.4 Å². The van der Waals surface area contributed by atoms with Crippen LogP contribution in [0.1, 0.15) is 20.3 Å². The molecule has 5 heteroatoms. The van der Waals surface area contributed by atoms with Crippen molar-refractivity contribution < 1.29 is 9.53 Å². The SMILES string of the molecule is CNC(CSCC(=O)NC(C)C)C1CCOC1. The van der Waals surface area contributed by atoms with Crippen molar-refractivity contribution in [1.82, 2.24) is 10.6 Å². The van der Waals surface area contributed by atoms with Gasteiger partial charge in [-0.2, -0.15) is 11.8 Å². The van der Waals surface area contributed by atoms with Gasteiger partial charge in [0.25, 0.3) is 0 Å². The Morgan fingerprint density at radius 1 is 1.53 bits per heavy atom. The minimum atomic E-state index is 0.127. The van der Waals surface area contributed by atoms with Gasteiger partial charge in [0.05, 0.1) is 12.4 Å². The standard InChI is InChI=1S/C12H24N2O2S/c1-9(2)14-12(15)8-17-7-11(13-3)10-4-5-16-6-10/h9-11,13H,4-8H2,1-3H3,(H,14,15). The molecule has 100 valence electrons. The monoisotopic (exact) mass is 260 g/mol. The van der Waals surface area contributed by atoms with E-state index in [9.17, 15) is 4.79 Å². The molecular formula is C12H24N2O2S. The fourth-order valence-corrected chi connectivity index (χ4v) is 3.05. The highest BCUT2D eigenvalue weighted by molar-refractivity contribution is 8.00. The van der Waals surface area contributed by atoms with Gasteiger partial charge in [0.2, 0.25) is 5.91 Å². The van der Waals surface area contributed by atoms with Crippen LogP contribution in [0.5, 0.6) is 0 Å². The maximum atomic E-state index is 11.5. The summed E-state index contributed by atoms with van der Waals surface area (Å²) in [6, 6.07) is 0.681. The van der Waals surface area contributed by atoms with E-state index in [2.05, 4.69) is 10.6 Å². The van der Waals surface area contributed by atoms with Crippen LogP contribution in [-0.2, 0) is 9.53 Å². The number of nitrogens with one attached hydrogen (secondary N) is 2. The molecule has 1 amide bonds. The van der Waals surface area contributed by atoms with Gasteiger partial charge in [-0.05, 0) is 27.3 Å². The third kappa shape index (κ3) is 5.75. The Balaban J connectivity index is 2.16. The number of carbonyl (C=O) groups is 1. The molecule has 0 radical (unpaired) electrons. The molecule has 17 heavy (non-hydrogen) atoms. The van der Waals surface area contributed by atoms with Crippen LogP contribution in [0.3, 0.4) is 0 Å². The first-order valence-corrected chi connectivity index (χ1v) is 7.41. The van der Waals surface area contributed by atoms with E-state index in [1.807, 2.05) is 20.9 Å². The van der Waals surface area contributed by atoms with Crippen LogP contribution in [0.4, 0.5) is 0 Å². The normalized spacial score (nSPS) is 21.8. The van der Waals surface area contributed by atoms with Crippen LogP contribution in [0.25, 0.3) is 0 Å². The van der Waals surface area contributed by atoms with Gasteiger partial charge in [-0.25, -0.2) is 0 Å². The number of carbonyl (C=O) groups excluding carboxylic acids is 1. The lowest BCUT2D eigenvalue weighted by Gasteiger charge is -2.21. The molecule has 1 aliphatic rings. The van der Waals surface area contributed by atoms with Gasteiger partial charge in [-0.15, -0.1) is 0 Å². The predicted octanol–water partition coefficient (Wildman–Crippen LogP) is 0.869. The molecule has 1 rings (SSSR count). The van der Waals surface area contributed by atoms with Gasteiger partial charge < -0.3 is 15.4 Å². The second-order valence-electron chi connectivity index (χ2n) is 4.76. The lowest BCUT2D eigenvalue weighted by molar-refractivity contribution is -0.119. The van der Waals surface area contributed by atoms with E-state index in [1.165, 1.54) is 0 Å². The summed E-state index contributed by atoms with van der Waals surface area (Å²) in [5.74, 6) is 2.24. The molecule has 1 aliphatic heterocycles. The van der Waals surface area contributed by atoms with Crippen LogP contribution in [0.2, 0.25) is 0 Å². The Bertz CT molecular complexity index is 231. The summed E-state index contributed by atoms with van der Waals surface area (Å²) in [7, 11) is 1.98. The number of hydrogen-bond acceptors (Lipinski definition) is 4. The Kier molecular flexibility index (Phi) is 6.92. The van der Waals surface area contributed by atoms with Crippen molar-refractivity contribution in [3.05, 3.63) is 0 Å². The summed E-state index contributed by atoms with van der Waals surface area (Å²) in [5, 5.41) is 6.23. The molecule has 0 saturated carbocycles. The number of rotatable bonds is 7. The van der Waals surface area contributed by atoms with E-state index >= 15 is 0 Å². The Morgan fingerprint density at radius 3 is 2.82 bits per heavy atom. The molecule has 0 aromatic carbocycles. The maximum absolute atomic E-state index is 11.5. The summed E-state index contributed by atoms with van der Waals surface area (Å²) in [4.78, 5) is 11.5. The molecule has 0 aromatic rings. The maximum Gasteiger partial charge on any atom is 0.230 e. The number of hydrogen-bond donors (Lipinski definition) is 2. The van der Waals surface area contributed by atoms with E-state index in [0.717, 1.165) is 25.4 Å². The first kappa shape index (κ1) is 14.8. The fourth-order valence-electron chi connectivity index (χ4n) is 1.97. The minimum Gasteiger partial charge on any atom is -0.381 e. The summed E-state index contributed by atoms with van der Waals surface area (Å²) in [6.07, 6.45) is 1.13. The molecule has 0 aromatic heterocycles. The lowest BCUT2D eigenvalue weighted by atomic mass is 10.0. The highest BCUT2D eigenvalue weighted by Crippen LogP contribution is 2.19. The highest BCUT2D eigenvalue weighted by atomic mass is 32.2. The van der Waals surface area contributed by atoms with Gasteiger partial charge in [0, 0.05) is 30.4 Å². The molecule has 2 unspecified atom stereocenters. The lowest BCUT2D eigenvalue weighted by Crippen LogP contribution is -2.37. The quantitative estimate of drug-likeness (QED) is 0.713. The van der Waals surface area contributed by atoms with Crippen molar-refractivity contribution in [2.75, 3.05) is 31.8 Å². The van der Waals surface area contributed by atoms with E-state index < -0.39 is 0 Å². The van der Waals surface area contributed by atoms with Gasteiger partial charge in [0.15, 0.2) is 0 Å². The molecule has 1 saturated heterocycles. The molecule has 0 bridgehead atoms. The summed E-state index contributed by atoms with van der Waals surface area (Å²) in [5.41, 5.74) is 0. The third-order valence-corrected chi connectivity index (χ3v) is 3.95. The average molecular weight is 260 g/mol. The molecular weight excluding hydrogens is 236 g/mol. The second kappa shape index (κ2) is 7.95. The number of ether oxygens (including phenoxy) is 1. The fraction of sp³-hybridized carbons (Fsp3) is 0.917. The topological polar surface area (TPSA) is 50.4 Å². The molecule has 0 spiro atoms. The highest BCUT2D eigenvalue weighted by Gasteiger charge is 2.24.